The first-order valence-corrected chi connectivity index (χ1v) is 13.3. The van der Waals surface area contributed by atoms with Crippen molar-refractivity contribution in [3.05, 3.63) is 71.4 Å². The van der Waals surface area contributed by atoms with Gasteiger partial charge in [0.2, 0.25) is 10.0 Å². The summed E-state index contributed by atoms with van der Waals surface area (Å²) >= 11 is 7.72. The second kappa shape index (κ2) is 8.33. The van der Waals surface area contributed by atoms with Crippen molar-refractivity contribution in [2.24, 2.45) is 0 Å². The third-order valence-electron chi connectivity index (χ3n) is 6.23. The highest BCUT2D eigenvalue weighted by Crippen LogP contribution is 2.45. The van der Waals surface area contributed by atoms with Crippen molar-refractivity contribution < 1.29 is 13.2 Å². The van der Waals surface area contributed by atoms with Crippen molar-refractivity contribution in [3.63, 3.8) is 0 Å². The molecule has 0 bridgehead atoms. The average Bonchev–Trinajstić information content (AvgIpc) is 3.21. The number of para-hydroxylation sites is 1. The summed E-state index contributed by atoms with van der Waals surface area (Å²) < 4.78 is 28.5. The molecule has 1 amide bonds. The number of aromatic nitrogens is 1. The van der Waals surface area contributed by atoms with Crippen molar-refractivity contribution >= 4 is 50.2 Å². The number of fused-ring (bicyclic) bond motifs is 1. The third kappa shape index (κ3) is 3.69. The predicted octanol–water partition coefficient (Wildman–Crippen LogP) is 4.26. The van der Waals surface area contributed by atoms with E-state index in [1.54, 1.807) is 60.4 Å². The minimum absolute atomic E-state index is 0.0266. The highest BCUT2D eigenvalue weighted by atomic mass is 35.5. The van der Waals surface area contributed by atoms with Gasteiger partial charge in [-0.05, 0) is 49.2 Å². The van der Waals surface area contributed by atoms with Crippen LogP contribution in [0.2, 0.25) is 5.02 Å². The van der Waals surface area contributed by atoms with Gasteiger partial charge in [0.15, 0.2) is 0 Å². The molecule has 2 fully saturated rings. The van der Waals surface area contributed by atoms with Crippen LogP contribution in [0.3, 0.4) is 0 Å². The first kappa shape index (κ1) is 21.7. The Bertz CT molecular complexity index is 1270. The summed E-state index contributed by atoms with van der Waals surface area (Å²) in [6.07, 6.45) is 2.80. The van der Waals surface area contributed by atoms with Gasteiger partial charge < -0.3 is 4.90 Å². The zero-order valence-corrected chi connectivity index (χ0v) is 19.7. The zero-order chi connectivity index (χ0) is 22.3. The maximum absolute atomic E-state index is 13.5. The summed E-state index contributed by atoms with van der Waals surface area (Å²) in [4.78, 5) is 19.3. The molecule has 3 heterocycles. The second-order valence-corrected chi connectivity index (χ2v) is 11.8. The standard InChI is InChI=1S/C23H22ClN3O3S2/c24-19-8-6-18(7-9-19)22(28)27-15-16-31-23(27)10-13-26(14-11-23)32(29,30)20-5-1-3-17-4-2-12-25-21(17)20/h1-9,12H,10-11,13-16H2. The van der Waals surface area contributed by atoms with Crippen LogP contribution in [-0.2, 0) is 10.0 Å². The molecule has 9 heteroatoms. The van der Waals surface area contributed by atoms with Crippen LogP contribution < -0.4 is 0 Å². The van der Waals surface area contributed by atoms with Crippen molar-refractivity contribution in [2.75, 3.05) is 25.4 Å². The molecular formula is C23H22ClN3O3S2. The van der Waals surface area contributed by atoms with E-state index in [1.165, 1.54) is 4.31 Å². The number of hydrogen-bond donors (Lipinski definition) is 0. The van der Waals surface area contributed by atoms with Crippen LogP contribution in [0.15, 0.2) is 65.7 Å². The fourth-order valence-electron chi connectivity index (χ4n) is 4.56. The number of carbonyl (C=O) groups excluding carboxylic acids is 1. The van der Waals surface area contributed by atoms with Gasteiger partial charge in [0.25, 0.3) is 5.91 Å². The minimum atomic E-state index is -3.69. The van der Waals surface area contributed by atoms with E-state index in [1.807, 2.05) is 17.0 Å². The number of carbonyl (C=O) groups is 1. The van der Waals surface area contributed by atoms with E-state index in [9.17, 15) is 13.2 Å². The molecule has 0 atom stereocenters. The average molecular weight is 488 g/mol. The molecular weight excluding hydrogens is 466 g/mol. The summed E-state index contributed by atoms with van der Waals surface area (Å²) in [6, 6.07) is 15.8. The van der Waals surface area contributed by atoms with Crippen molar-refractivity contribution in [1.29, 1.82) is 0 Å². The molecule has 6 nitrogen and oxygen atoms in total. The second-order valence-electron chi connectivity index (χ2n) is 7.99. The fraction of sp³-hybridized carbons (Fsp3) is 0.304. The maximum atomic E-state index is 13.5. The van der Waals surface area contributed by atoms with Gasteiger partial charge >= 0.3 is 0 Å². The molecule has 0 unspecified atom stereocenters. The highest BCUT2D eigenvalue weighted by molar-refractivity contribution is 8.00. The first-order valence-electron chi connectivity index (χ1n) is 10.5. The number of amides is 1. The number of hydrogen-bond acceptors (Lipinski definition) is 5. The molecule has 1 aromatic heterocycles. The van der Waals surface area contributed by atoms with Gasteiger partial charge in [0.05, 0.1) is 10.4 Å². The summed E-state index contributed by atoms with van der Waals surface area (Å²) in [6.45, 7) is 1.39. The van der Waals surface area contributed by atoms with Gasteiger partial charge in [0, 0.05) is 47.6 Å². The van der Waals surface area contributed by atoms with Gasteiger partial charge in [-0.25, -0.2) is 8.42 Å². The molecule has 5 rings (SSSR count). The Kier molecular flexibility index (Phi) is 5.65. The lowest BCUT2D eigenvalue weighted by molar-refractivity contribution is 0.0605. The van der Waals surface area contributed by atoms with Crippen LogP contribution in [0.5, 0.6) is 0 Å². The lowest BCUT2D eigenvalue weighted by Crippen LogP contribution is -2.53. The predicted molar refractivity (Wildman–Crippen MR) is 127 cm³/mol. The smallest absolute Gasteiger partial charge is 0.254 e. The van der Waals surface area contributed by atoms with Crippen LogP contribution in [0, 0.1) is 0 Å². The topological polar surface area (TPSA) is 70.6 Å². The number of piperidine rings is 1. The molecule has 0 radical (unpaired) electrons. The SMILES string of the molecule is O=C(c1ccc(Cl)cc1)N1CCSC12CCN(S(=O)(=O)c1cccc3cccnc13)CC2. The Balaban J connectivity index is 1.38. The normalized spacial score (nSPS) is 19.0. The van der Waals surface area contributed by atoms with E-state index < -0.39 is 10.0 Å². The van der Waals surface area contributed by atoms with Crippen molar-refractivity contribution in [3.8, 4) is 0 Å². The number of sulfonamides is 1. The molecule has 2 saturated heterocycles. The van der Waals surface area contributed by atoms with Crippen molar-refractivity contribution in [1.82, 2.24) is 14.2 Å². The van der Waals surface area contributed by atoms with Gasteiger partial charge in [-0.1, -0.05) is 29.8 Å². The van der Waals surface area contributed by atoms with Gasteiger partial charge in [-0.3, -0.25) is 9.78 Å². The molecule has 1 spiro atoms. The summed E-state index contributed by atoms with van der Waals surface area (Å²) in [5, 5.41) is 1.39. The van der Waals surface area contributed by atoms with Crippen LogP contribution in [0.25, 0.3) is 10.9 Å². The van der Waals surface area contributed by atoms with E-state index in [4.69, 9.17) is 11.6 Å². The quantitative estimate of drug-likeness (QED) is 0.552. The van der Waals surface area contributed by atoms with Crippen LogP contribution in [-0.4, -0.2) is 58.8 Å². The lowest BCUT2D eigenvalue weighted by Gasteiger charge is -2.43. The lowest BCUT2D eigenvalue weighted by atomic mass is 10.0. The monoisotopic (exact) mass is 487 g/mol. The molecule has 2 aromatic carbocycles. The number of rotatable bonds is 3. The van der Waals surface area contributed by atoms with E-state index >= 15 is 0 Å². The largest absolute Gasteiger partial charge is 0.323 e. The summed E-state index contributed by atoms with van der Waals surface area (Å²) in [5.41, 5.74) is 1.10. The number of pyridine rings is 1. The molecule has 166 valence electrons. The fourth-order valence-corrected chi connectivity index (χ4v) is 7.75. The first-order chi connectivity index (χ1) is 15.4. The van der Waals surface area contributed by atoms with Crippen LogP contribution in [0.1, 0.15) is 23.2 Å². The maximum Gasteiger partial charge on any atom is 0.254 e. The van der Waals surface area contributed by atoms with Gasteiger partial charge in [-0.2, -0.15) is 4.31 Å². The molecule has 2 aliphatic rings. The van der Waals surface area contributed by atoms with E-state index in [0.717, 1.165) is 11.1 Å². The van der Waals surface area contributed by atoms with Gasteiger partial charge in [0.1, 0.15) is 4.90 Å². The summed E-state index contributed by atoms with van der Waals surface area (Å²) in [5.74, 6) is 0.820. The Morgan fingerprint density at radius 2 is 1.72 bits per heavy atom. The van der Waals surface area contributed by atoms with E-state index in [0.29, 0.717) is 48.6 Å². The highest BCUT2D eigenvalue weighted by Gasteiger charge is 2.48. The molecule has 3 aromatic rings. The Hall–Kier alpha value is -2.13. The van der Waals surface area contributed by atoms with E-state index in [2.05, 4.69) is 4.98 Å². The molecule has 0 saturated carbocycles. The zero-order valence-electron chi connectivity index (χ0n) is 17.3. The Morgan fingerprint density at radius 3 is 2.47 bits per heavy atom. The van der Waals surface area contributed by atoms with Crippen LogP contribution >= 0.6 is 23.4 Å². The molecule has 2 aliphatic heterocycles. The van der Waals surface area contributed by atoms with Crippen LogP contribution in [0.4, 0.5) is 0 Å². The van der Waals surface area contributed by atoms with E-state index in [-0.39, 0.29) is 15.7 Å². The third-order valence-corrected chi connectivity index (χ3v) is 9.97. The molecule has 0 N–H and O–H groups in total. The Labute approximate surface area is 196 Å². The molecule has 32 heavy (non-hydrogen) atoms. The van der Waals surface area contributed by atoms with Crippen molar-refractivity contribution in [2.45, 2.75) is 22.6 Å². The Morgan fingerprint density at radius 1 is 1.00 bits per heavy atom. The number of thioether (sulfide) groups is 1. The summed E-state index contributed by atoms with van der Waals surface area (Å²) in [7, 11) is -3.69. The minimum Gasteiger partial charge on any atom is -0.323 e. The number of halogens is 1. The van der Waals surface area contributed by atoms with Gasteiger partial charge in [-0.15, -0.1) is 11.8 Å². The number of benzene rings is 2. The molecule has 0 aliphatic carbocycles. The number of nitrogens with zero attached hydrogens (tertiary/aromatic N) is 3.